The molecule has 0 bridgehead atoms. The summed E-state index contributed by atoms with van der Waals surface area (Å²) >= 11 is 0. The molecule has 0 spiro atoms. The quantitative estimate of drug-likeness (QED) is 0.246. The molecule has 4 rings (SSSR count). The monoisotopic (exact) mass is 478 g/mol. The molecule has 35 heavy (non-hydrogen) atoms. The standard InChI is InChI=1S/C24H26N6O5/c1-15-4-8-19(9-5-15)35-14-17(31)13-30-20-21(29(2)24(33)27-22(20)32)26-23(30)28-25-12-16-6-10-18(34-3)11-7-16/h4-12,17,31H,13-14H2,1-3H3,(H,26,28)(H,27,32,33). The van der Waals surface area contributed by atoms with E-state index in [1.54, 1.807) is 25.5 Å². The maximum Gasteiger partial charge on any atom is 0.329 e. The van der Waals surface area contributed by atoms with Crippen molar-refractivity contribution in [1.29, 1.82) is 0 Å². The molecule has 0 aliphatic heterocycles. The highest BCUT2D eigenvalue weighted by Crippen LogP contribution is 2.17. The van der Waals surface area contributed by atoms with Gasteiger partial charge in [-0.25, -0.2) is 10.2 Å². The van der Waals surface area contributed by atoms with Gasteiger partial charge in [0.1, 0.15) is 24.2 Å². The fourth-order valence-electron chi connectivity index (χ4n) is 3.44. The lowest BCUT2D eigenvalue weighted by Crippen LogP contribution is -2.30. The summed E-state index contributed by atoms with van der Waals surface area (Å²) in [7, 11) is 3.09. The summed E-state index contributed by atoms with van der Waals surface area (Å²) in [6, 6.07) is 14.7. The van der Waals surface area contributed by atoms with Gasteiger partial charge < -0.3 is 19.1 Å². The molecule has 4 aromatic rings. The molecule has 2 aromatic carbocycles. The van der Waals surface area contributed by atoms with Crippen molar-refractivity contribution in [3.63, 3.8) is 0 Å². The van der Waals surface area contributed by atoms with Crippen LogP contribution in [0.3, 0.4) is 0 Å². The first-order chi connectivity index (χ1) is 16.9. The normalized spacial score (nSPS) is 12.2. The summed E-state index contributed by atoms with van der Waals surface area (Å²) in [6.07, 6.45) is 0.597. The molecule has 1 unspecified atom stereocenters. The molecule has 11 heteroatoms. The summed E-state index contributed by atoms with van der Waals surface area (Å²) < 4.78 is 13.5. The van der Waals surface area contributed by atoms with Gasteiger partial charge in [0.05, 0.1) is 19.9 Å². The van der Waals surface area contributed by atoms with E-state index in [0.717, 1.165) is 16.9 Å². The van der Waals surface area contributed by atoms with Gasteiger partial charge in [-0.1, -0.05) is 17.7 Å². The van der Waals surface area contributed by atoms with E-state index in [9.17, 15) is 14.7 Å². The molecule has 182 valence electrons. The lowest BCUT2D eigenvalue weighted by atomic mass is 10.2. The highest BCUT2D eigenvalue weighted by atomic mass is 16.5. The van der Waals surface area contributed by atoms with Crippen LogP contribution in [0.2, 0.25) is 0 Å². The summed E-state index contributed by atoms with van der Waals surface area (Å²) in [5, 5.41) is 14.9. The van der Waals surface area contributed by atoms with Crippen molar-refractivity contribution in [2.24, 2.45) is 12.1 Å². The van der Waals surface area contributed by atoms with E-state index in [4.69, 9.17) is 9.47 Å². The number of aromatic amines is 1. The van der Waals surface area contributed by atoms with E-state index in [1.165, 1.54) is 16.2 Å². The molecule has 2 aromatic heterocycles. The van der Waals surface area contributed by atoms with Crippen molar-refractivity contribution in [1.82, 2.24) is 19.1 Å². The molecule has 3 N–H and O–H groups in total. The first kappa shape index (κ1) is 23.8. The summed E-state index contributed by atoms with van der Waals surface area (Å²) in [5.74, 6) is 1.53. The predicted octanol–water partition coefficient (Wildman–Crippen LogP) is 1.63. The Morgan fingerprint density at radius 1 is 1.14 bits per heavy atom. The van der Waals surface area contributed by atoms with E-state index >= 15 is 0 Å². The van der Waals surface area contributed by atoms with E-state index in [1.807, 2.05) is 43.3 Å². The first-order valence-electron chi connectivity index (χ1n) is 10.9. The number of benzene rings is 2. The highest BCUT2D eigenvalue weighted by Gasteiger charge is 2.20. The summed E-state index contributed by atoms with van der Waals surface area (Å²) in [4.78, 5) is 31.3. The topological polar surface area (TPSA) is 136 Å². The van der Waals surface area contributed by atoms with Crippen LogP contribution in [0.5, 0.6) is 11.5 Å². The van der Waals surface area contributed by atoms with Crippen LogP contribution < -0.4 is 26.1 Å². The number of aromatic nitrogens is 4. The van der Waals surface area contributed by atoms with Gasteiger partial charge in [0.2, 0.25) is 5.95 Å². The number of rotatable bonds is 9. The Hall–Kier alpha value is -4.38. The smallest absolute Gasteiger partial charge is 0.329 e. The van der Waals surface area contributed by atoms with Crippen LogP contribution in [0.15, 0.2) is 63.2 Å². The number of hydrazone groups is 1. The van der Waals surface area contributed by atoms with Gasteiger partial charge in [0.15, 0.2) is 11.2 Å². The van der Waals surface area contributed by atoms with Gasteiger partial charge in [-0.2, -0.15) is 10.1 Å². The molecular formula is C24H26N6O5. The third-order valence-corrected chi connectivity index (χ3v) is 5.36. The molecule has 11 nitrogen and oxygen atoms in total. The number of aryl methyl sites for hydroxylation is 2. The zero-order valence-corrected chi connectivity index (χ0v) is 19.6. The molecule has 0 fully saturated rings. The number of hydrogen-bond acceptors (Lipinski definition) is 8. The number of nitrogens with one attached hydrogen (secondary N) is 2. The minimum Gasteiger partial charge on any atom is -0.497 e. The Bertz CT molecular complexity index is 1450. The number of fused-ring (bicyclic) bond motifs is 1. The molecule has 0 saturated carbocycles. The average molecular weight is 479 g/mol. The molecule has 2 heterocycles. The number of ether oxygens (including phenoxy) is 2. The maximum absolute atomic E-state index is 12.6. The van der Waals surface area contributed by atoms with Crippen molar-refractivity contribution < 1.29 is 14.6 Å². The number of hydrogen-bond donors (Lipinski definition) is 3. The number of H-pyrrole nitrogens is 1. The van der Waals surface area contributed by atoms with Gasteiger partial charge in [-0.05, 0) is 48.9 Å². The lowest BCUT2D eigenvalue weighted by Gasteiger charge is -2.15. The van der Waals surface area contributed by atoms with Crippen LogP contribution in [0, 0.1) is 6.92 Å². The Morgan fingerprint density at radius 3 is 2.51 bits per heavy atom. The summed E-state index contributed by atoms with van der Waals surface area (Å²) in [5.41, 5.74) is 3.79. The number of aliphatic hydroxyl groups is 1. The Morgan fingerprint density at radius 2 is 1.83 bits per heavy atom. The molecule has 0 amide bonds. The van der Waals surface area contributed by atoms with Gasteiger partial charge in [0.25, 0.3) is 5.56 Å². The van der Waals surface area contributed by atoms with E-state index in [2.05, 4.69) is 20.5 Å². The van der Waals surface area contributed by atoms with Crippen LogP contribution in [0.4, 0.5) is 5.95 Å². The largest absolute Gasteiger partial charge is 0.497 e. The predicted molar refractivity (Wildman–Crippen MR) is 132 cm³/mol. The Balaban J connectivity index is 1.59. The van der Waals surface area contributed by atoms with E-state index < -0.39 is 17.4 Å². The van der Waals surface area contributed by atoms with Crippen molar-refractivity contribution >= 4 is 23.3 Å². The highest BCUT2D eigenvalue weighted by molar-refractivity contribution is 5.80. The minimum absolute atomic E-state index is 0.0129. The lowest BCUT2D eigenvalue weighted by molar-refractivity contribution is 0.0938. The van der Waals surface area contributed by atoms with Crippen molar-refractivity contribution in [2.75, 3.05) is 19.1 Å². The SMILES string of the molecule is COc1ccc(C=NNc2nc3c(c(=O)[nH]c(=O)n3C)n2CC(O)COc2ccc(C)cc2)cc1. The Kier molecular flexibility index (Phi) is 6.97. The second-order valence-electron chi connectivity index (χ2n) is 7.96. The van der Waals surface area contributed by atoms with Gasteiger partial charge >= 0.3 is 5.69 Å². The zero-order valence-electron chi connectivity index (χ0n) is 19.6. The second-order valence-corrected chi connectivity index (χ2v) is 7.96. The van der Waals surface area contributed by atoms with Gasteiger partial charge in [0, 0.05) is 7.05 Å². The number of methoxy groups -OCH3 is 1. The van der Waals surface area contributed by atoms with Crippen LogP contribution >= 0.6 is 0 Å². The molecule has 0 saturated heterocycles. The van der Waals surface area contributed by atoms with E-state index in [0.29, 0.717) is 5.75 Å². The van der Waals surface area contributed by atoms with Crippen molar-refractivity contribution in [3.05, 3.63) is 80.5 Å². The van der Waals surface area contributed by atoms with Crippen LogP contribution in [-0.4, -0.2) is 50.2 Å². The average Bonchev–Trinajstić information content (AvgIpc) is 3.21. The number of aliphatic hydroxyl groups excluding tert-OH is 1. The third-order valence-electron chi connectivity index (χ3n) is 5.36. The zero-order chi connectivity index (χ0) is 24.9. The fourth-order valence-corrected chi connectivity index (χ4v) is 3.44. The molecule has 0 radical (unpaired) electrons. The van der Waals surface area contributed by atoms with Crippen molar-refractivity contribution in [3.8, 4) is 11.5 Å². The molecular weight excluding hydrogens is 452 g/mol. The molecule has 1 atom stereocenters. The number of anilines is 1. The Labute approximate surface area is 200 Å². The maximum atomic E-state index is 12.6. The number of nitrogens with zero attached hydrogens (tertiary/aromatic N) is 4. The summed E-state index contributed by atoms with van der Waals surface area (Å²) in [6.45, 7) is 1.93. The van der Waals surface area contributed by atoms with E-state index in [-0.39, 0.29) is 30.3 Å². The van der Waals surface area contributed by atoms with Gasteiger partial charge in [-0.3, -0.25) is 14.3 Å². The first-order valence-corrected chi connectivity index (χ1v) is 10.9. The second kappa shape index (κ2) is 10.3. The number of imidazole rings is 1. The third kappa shape index (κ3) is 5.41. The van der Waals surface area contributed by atoms with Crippen LogP contribution in [0.1, 0.15) is 11.1 Å². The minimum atomic E-state index is -0.976. The van der Waals surface area contributed by atoms with Gasteiger partial charge in [-0.15, -0.1) is 0 Å². The molecule has 0 aliphatic rings. The van der Waals surface area contributed by atoms with Crippen LogP contribution in [-0.2, 0) is 13.6 Å². The fraction of sp³-hybridized carbons (Fsp3) is 0.250. The van der Waals surface area contributed by atoms with Crippen molar-refractivity contribution in [2.45, 2.75) is 19.6 Å². The molecule has 0 aliphatic carbocycles. The van der Waals surface area contributed by atoms with Crippen LogP contribution in [0.25, 0.3) is 11.2 Å².